The van der Waals surface area contributed by atoms with E-state index in [1.54, 1.807) is 45.2 Å². The molecule has 0 amide bonds. The SMILES string of the molecule is CN/C=C(\C=N)c1cc(Nc2nc(Nc3ccc4nccnc4c3P(C)(C)=O)c3cc[nH]c3n2)c(OC)nc1C1CCN(C)CC1. The molecule has 5 aromatic rings. The van der Waals surface area contributed by atoms with Crippen LogP contribution in [0.5, 0.6) is 5.88 Å². The smallest absolute Gasteiger partial charge is 0.237 e. The lowest BCUT2D eigenvalue weighted by molar-refractivity contribution is 0.252. The fourth-order valence-corrected chi connectivity index (χ4v) is 7.33. The van der Waals surface area contributed by atoms with Gasteiger partial charge in [0.2, 0.25) is 11.8 Å². The van der Waals surface area contributed by atoms with Gasteiger partial charge >= 0.3 is 0 Å². The van der Waals surface area contributed by atoms with Crippen LogP contribution in [0.15, 0.2) is 49.1 Å². The minimum absolute atomic E-state index is 0.227. The van der Waals surface area contributed by atoms with Gasteiger partial charge in [-0.2, -0.15) is 9.97 Å². The molecule has 5 N–H and O–H groups in total. The van der Waals surface area contributed by atoms with E-state index in [0.717, 1.165) is 42.6 Å². The zero-order valence-corrected chi connectivity index (χ0v) is 27.4. The van der Waals surface area contributed by atoms with Crippen molar-refractivity contribution in [2.75, 3.05) is 58.3 Å². The van der Waals surface area contributed by atoms with Crippen LogP contribution < -0.4 is 26.0 Å². The van der Waals surface area contributed by atoms with Crippen LogP contribution in [0.4, 0.5) is 23.1 Å². The Balaban J connectivity index is 1.43. The van der Waals surface area contributed by atoms with E-state index < -0.39 is 7.14 Å². The number of anilines is 4. The van der Waals surface area contributed by atoms with Crippen molar-refractivity contribution in [3.8, 4) is 5.88 Å². The molecule has 13 nitrogen and oxygen atoms in total. The van der Waals surface area contributed by atoms with Gasteiger partial charge < -0.3 is 40.5 Å². The molecule has 0 spiro atoms. The van der Waals surface area contributed by atoms with Crippen LogP contribution in [0, 0.1) is 5.41 Å². The Morgan fingerprint density at radius 3 is 2.59 bits per heavy atom. The van der Waals surface area contributed by atoms with E-state index in [1.165, 1.54) is 6.21 Å². The molecule has 5 heterocycles. The van der Waals surface area contributed by atoms with Crippen molar-refractivity contribution < 1.29 is 9.30 Å². The van der Waals surface area contributed by atoms with Gasteiger partial charge in [0.1, 0.15) is 29.8 Å². The number of methoxy groups -OCH3 is 1. The number of nitrogens with zero attached hydrogens (tertiary/aromatic N) is 6. The van der Waals surface area contributed by atoms with Crippen molar-refractivity contribution in [2.45, 2.75) is 18.8 Å². The Morgan fingerprint density at radius 1 is 1.09 bits per heavy atom. The van der Waals surface area contributed by atoms with Gasteiger partial charge in [-0.3, -0.25) is 9.97 Å². The Kier molecular flexibility index (Phi) is 8.70. The highest BCUT2D eigenvalue weighted by molar-refractivity contribution is 7.71. The number of aromatic amines is 1. The summed E-state index contributed by atoms with van der Waals surface area (Å²) in [6.07, 6.45) is 10.1. The second-order valence-corrected chi connectivity index (χ2v) is 14.9. The van der Waals surface area contributed by atoms with Crippen molar-refractivity contribution in [2.24, 2.45) is 0 Å². The molecule has 0 unspecified atom stereocenters. The molecule has 0 atom stereocenters. The number of hydrogen-bond donors (Lipinski definition) is 5. The zero-order valence-electron chi connectivity index (χ0n) is 26.5. The lowest BCUT2D eigenvalue weighted by Crippen LogP contribution is -2.30. The standard InChI is InChI=1S/C32H38N11O2P/c1-34-18-20(17-33)22-16-25(31(45-3)40-26(22)19-9-14-43(2)15-10-19)39-32-41-29-21(8-11-37-29)30(42-32)38-24-7-6-23-27(36-13-12-35-23)28(24)46(4,5)44/h6-8,11-13,16-19,33-34H,9-10,14-15H2,1-5H3,(H3,37,38,39,41,42)/b20-18+,33-17?. The number of allylic oxidation sites excluding steroid dienone is 1. The molecule has 1 fully saturated rings. The van der Waals surface area contributed by atoms with E-state index in [1.807, 2.05) is 31.3 Å². The summed E-state index contributed by atoms with van der Waals surface area (Å²) in [5, 5.41) is 19.3. The van der Waals surface area contributed by atoms with Crippen molar-refractivity contribution >= 4 is 69.4 Å². The number of piperidine rings is 1. The van der Waals surface area contributed by atoms with Gasteiger partial charge in [0.15, 0.2) is 0 Å². The summed E-state index contributed by atoms with van der Waals surface area (Å²) in [5.74, 6) is 1.44. The van der Waals surface area contributed by atoms with Gasteiger partial charge in [-0.15, -0.1) is 0 Å². The fourth-order valence-electron chi connectivity index (χ4n) is 5.94. The molecule has 46 heavy (non-hydrogen) atoms. The van der Waals surface area contributed by atoms with Gasteiger partial charge in [0, 0.05) is 55.1 Å². The maximum atomic E-state index is 13.5. The number of pyridine rings is 1. The minimum Gasteiger partial charge on any atom is -0.480 e. The molecule has 1 aromatic carbocycles. The Hall–Kier alpha value is -4.87. The molecule has 238 valence electrons. The van der Waals surface area contributed by atoms with E-state index >= 15 is 0 Å². The first-order valence-corrected chi connectivity index (χ1v) is 17.6. The topological polar surface area (TPSA) is 170 Å². The average molecular weight is 640 g/mol. The van der Waals surface area contributed by atoms with Gasteiger partial charge in [-0.1, -0.05) is 0 Å². The van der Waals surface area contributed by atoms with Gasteiger partial charge in [0.25, 0.3) is 0 Å². The molecule has 1 saturated heterocycles. The number of H-pyrrole nitrogens is 1. The number of ether oxygens (including phenoxy) is 1. The predicted octanol–water partition coefficient (Wildman–Crippen LogP) is 5.06. The fraction of sp³-hybridized carbons (Fsp3) is 0.312. The van der Waals surface area contributed by atoms with E-state index in [0.29, 0.717) is 56.6 Å². The molecule has 1 aliphatic rings. The van der Waals surface area contributed by atoms with Crippen LogP contribution in [-0.2, 0) is 4.57 Å². The number of nitrogens with one attached hydrogen (secondary N) is 5. The highest BCUT2D eigenvalue weighted by Gasteiger charge is 2.26. The Bertz CT molecular complexity index is 1990. The molecular formula is C32H38N11O2P. The molecular weight excluding hydrogens is 601 g/mol. The molecule has 0 radical (unpaired) electrons. The van der Waals surface area contributed by atoms with Crippen LogP contribution >= 0.6 is 7.14 Å². The summed E-state index contributed by atoms with van der Waals surface area (Å²) in [6.45, 7) is 5.39. The van der Waals surface area contributed by atoms with Gasteiger partial charge in [0.05, 0.1) is 34.7 Å². The quantitative estimate of drug-likeness (QED) is 0.102. The monoisotopic (exact) mass is 639 g/mol. The maximum absolute atomic E-state index is 13.5. The first-order chi connectivity index (χ1) is 22.2. The van der Waals surface area contributed by atoms with Gasteiger partial charge in [-0.05, 0) is 70.6 Å². The first kappa shape index (κ1) is 31.1. The van der Waals surface area contributed by atoms with Crippen LogP contribution in [-0.4, -0.2) is 88.6 Å². The lowest BCUT2D eigenvalue weighted by Gasteiger charge is -2.30. The minimum atomic E-state index is -2.79. The molecule has 0 bridgehead atoms. The van der Waals surface area contributed by atoms with Crippen LogP contribution in [0.1, 0.15) is 30.0 Å². The maximum Gasteiger partial charge on any atom is 0.237 e. The molecule has 1 aliphatic heterocycles. The third-order valence-electron chi connectivity index (χ3n) is 8.15. The summed E-state index contributed by atoms with van der Waals surface area (Å²) in [6, 6.07) is 7.54. The average Bonchev–Trinajstić information content (AvgIpc) is 3.52. The summed E-state index contributed by atoms with van der Waals surface area (Å²) in [7, 11) is 2.74. The summed E-state index contributed by atoms with van der Waals surface area (Å²) >= 11 is 0. The van der Waals surface area contributed by atoms with Crippen LogP contribution in [0.2, 0.25) is 0 Å². The first-order valence-electron chi connectivity index (χ1n) is 15.0. The largest absolute Gasteiger partial charge is 0.480 e. The molecule has 0 saturated carbocycles. The second kappa shape index (κ2) is 12.9. The number of likely N-dealkylation sites (tertiary alicyclic amines) is 1. The van der Waals surface area contributed by atoms with Crippen molar-refractivity contribution in [1.82, 2.24) is 40.1 Å². The summed E-state index contributed by atoms with van der Waals surface area (Å²) in [4.78, 5) is 29.0. The number of rotatable bonds is 10. The summed E-state index contributed by atoms with van der Waals surface area (Å²) < 4.78 is 19.3. The van der Waals surface area contributed by atoms with Crippen LogP contribution in [0.25, 0.3) is 27.6 Å². The van der Waals surface area contributed by atoms with E-state index in [-0.39, 0.29) is 5.92 Å². The number of hydrogen-bond acceptors (Lipinski definition) is 12. The molecule has 4 aromatic heterocycles. The van der Waals surface area contributed by atoms with E-state index in [2.05, 4.69) is 42.8 Å². The van der Waals surface area contributed by atoms with E-state index in [4.69, 9.17) is 25.1 Å². The van der Waals surface area contributed by atoms with Crippen LogP contribution in [0.3, 0.4) is 0 Å². The van der Waals surface area contributed by atoms with Gasteiger partial charge in [-0.25, -0.2) is 4.98 Å². The number of benzene rings is 1. The number of fused-ring (bicyclic) bond motifs is 2. The van der Waals surface area contributed by atoms with Crippen molar-refractivity contribution in [1.29, 1.82) is 5.41 Å². The van der Waals surface area contributed by atoms with E-state index in [9.17, 15) is 4.57 Å². The lowest BCUT2D eigenvalue weighted by atomic mass is 9.88. The number of aromatic nitrogens is 6. The molecule has 14 heteroatoms. The third-order valence-corrected chi connectivity index (χ3v) is 9.68. The van der Waals surface area contributed by atoms with Crippen molar-refractivity contribution in [3.63, 3.8) is 0 Å². The Labute approximate surface area is 267 Å². The molecule has 0 aliphatic carbocycles. The normalized spacial score (nSPS) is 14.8. The Morgan fingerprint density at radius 2 is 1.87 bits per heavy atom. The highest BCUT2D eigenvalue weighted by Crippen LogP contribution is 2.42. The molecule has 6 rings (SSSR count). The zero-order chi connectivity index (χ0) is 32.4. The summed E-state index contributed by atoms with van der Waals surface area (Å²) in [5.41, 5.74) is 5.48. The predicted molar refractivity (Wildman–Crippen MR) is 185 cm³/mol. The third kappa shape index (κ3) is 6.16. The highest BCUT2D eigenvalue weighted by atomic mass is 31.2. The van der Waals surface area contributed by atoms with Crippen molar-refractivity contribution in [3.05, 3.63) is 60.3 Å². The second-order valence-electron chi connectivity index (χ2n) is 11.7.